The number of halogens is 1. The molecule has 7 heteroatoms. The maximum absolute atomic E-state index is 12.5. The van der Waals surface area contributed by atoms with E-state index in [-0.39, 0.29) is 28.7 Å². The quantitative estimate of drug-likeness (QED) is 0.685. The van der Waals surface area contributed by atoms with E-state index in [0.29, 0.717) is 12.2 Å². The van der Waals surface area contributed by atoms with E-state index in [2.05, 4.69) is 5.32 Å². The third kappa shape index (κ3) is 3.51. The molecule has 1 aromatic carbocycles. The van der Waals surface area contributed by atoms with Crippen molar-refractivity contribution in [2.45, 2.75) is 38.8 Å². The normalized spacial score (nSPS) is 19.1. The molecule has 0 radical (unpaired) electrons. The lowest BCUT2D eigenvalue weighted by atomic mass is 10.0. The van der Waals surface area contributed by atoms with Crippen LogP contribution in [0.4, 0.5) is 11.4 Å². The van der Waals surface area contributed by atoms with Crippen LogP contribution in [0.25, 0.3) is 0 Å². The van der Waals surface area contributed by atoms with E-state index in [4.69, 9.17) is 11.6 Å². The Morgan fingerprint density at radius 1 is 1.48 bits per heavy atom. The topological polar surface area (TPSA) is 75.5 Å². The van der Waals surface area contributed by atoms with Crippen molar-refractivity contribution in [3.8, 4) is 0 Å². The van der Waals surface area contributed by atoms with Gasteiger partial charge in [-0.1, -0.05) is 25.4 Å². The molecule has 1 atom stereocenters. The summed E-state index contributed by atoms with van der Waals surface area (Å²) in [5.74, 6) is -0.0495. The molecule has 0 aliphatic carbocycles. The Hall–Kier alpha value is -1.66. The molecule has 2 rings (SSSR count). The smallest absolute Gasteiger partial charge is 0.289 e. The van der Waals surface area contributed by atoms with Crippen molar-refractivity contribution in [3.05, 3.63) is 33.3 Å². The molecular weight excluding hydrogens is 294 g/mol. The minimum absolute atomic E-state index is 0.0495. The molecule has 1 unspecified atom stereocenters. The van der Waals surface area contributed by atoms with Crippen LogP contribution in [0.2, 0.25) is 5.02 Å². The molecule has 1 amide bonds. The summed E-state index contributed by atoms with van der Waals surface area (Å²) in [5.41, 5.74) is 0.340. The van der Waals surface area contributed by atoms with Crippen LogP contribution in [0.3, 0.4) is 0 Å². The molecule has 6 nitrogen and oxygen atoms in total. The third-order valence-electron chi connectivity index (χ3n) is 3.41. The molecule has 1 N–H and O–H groups in total. The van der Waals surface area contributed by atoms with E-state index in [1.807, 2.05) is 13.8 Å². The minimum Gasteiger partial charge on any atom is -0.311 e. The van der Waals surface area contributed by atoms with Gasteiger partial charge in [0.25, 0.3) is 5.69 Å². The molecule has 0 aromatic heterocycles. The molecule has 1 heterocycles. The highest BCUT2D eigenvalue weighted by Gasteiger charge is 2.30. The third-order valence-corrected chi connectivity index (χ3v) is 3.73. The van der Waals surface area contributed by atoms with Gasteiger partial charge in [-0.15, -0.1) is 0 Å². The molecule has 1 aliphatic heterocycles. The first kappa shape index (κ1) is 15.7. The number of anilines is 1. The fourth-order valence-electron chi connectivity index (χ4n) is 2.50. The van der Waals surface area contributed by atoms with E-state index < -0.39 is 4.92 Å². The van der Waals surface area contributed by atoms with Gasteiger partial charge in [-0.05, 0) is 25.0 Å². The fourth-order valence-corrected chi connectivity index (χ4v) is 2.68. The van der Waals surface area contributed by atoms with Crippen LogP contribution in [-0.4, -0.2) is 29.5 Å². The molecule has 0 bridgehead atoms. The Kier molecular flexibility index (Phi) is 4.80. The van der Waals surface area contributed by atoms with Crippen LogP contribution in [0, 0.1) is 10.1 Å². The van der Waals surface area contributed by atoms with Crippen molar-refractivity contribution in [2.24, 2.45) is 0 Å². The number of carbonyl (C=O) groups is 1. The van der Waals surface area contributed by atoms with Gasteiger partial charge < -0.3 is 10.2 Å². The maximum atomic E-state index is 12.5. The fraction of sp³-hybridized carbons (Fsp3) is 0.500. The highest BCUT2D eigenvalue weighted by molar-refractivity contribution is 6.32. The highest BCUT2D eigenvalue weighted by atomic mass is 35.5. The Bertz CT molecular complexity index is 562. The second-order valence-electron chi connectivity index (χ2n) is 5.40. The molecule has 0 saturated carbocycles. The molecule has 0 spiro atoms. The largest absolute Gasteiger partial charge is 0.311 e. The van der Waals surface area contributed by atoms with Crippen LogP contribution in [-0.2, 0) is 4.79 Å². The summed E-state index contributed by atoms with van der Waals surface area (Å²) < 4.78 is 0. The molecule has 21 heavy (non-hydrogen) atoms. The second-order valence-corrected chi connectivity index (χ2v) is 5.81. The zero-order chi connectivity index (χ0) is 15.6. The molecule has 1 aromatic rings. The van der Waals surface area contributed by atoms with Gasteiger partial charge in [-0.25, -0.2) is 0 Å². The number of nitrogens with one attached hydrogen (secondary N) is 1. The van der Waals surface area contributed by atoms with Gasteiger partial charge >= 0.3 is 0 Å². The van der Waals surface area contributed by atoms with E-state index >= 15 is 0 Å². The number of rotatable bonds is 4. The first-order chi connectivity index (χ1) is 9.90. The van der Waals surface area contributed by atoms with Crippen LogP contribution in [0.15, 0.2) is 18.2 Å². The molecule has 1 fully saturated rings. The van der Waals surface area contributed by atoms with Gasteiger partial charge in [-0.3, -0.25) is 14.9 Å². The summed E-state index contributed by atoms with van der Waals surface area (Å²) in [5, 5.41) is 14.3. The van der Waals surface area contributed by atoms with Crippen molar-refractivity contribution in [1.82, 2.24) is 5.32 Å². The average Bonchev–Trinajstić information content (AvgIpc) is 2.41. The van der Waals surface area contributed by atoms with Crippen molar-refractivity contribution >= 4 is 28.9 Å². The van der Waals surface area contributed by atoms with E-state index in [1.165, 1.54) is 12.1 Å². The zero-order valence-electron chi connectivity index (χ0n) is 12.0. The molecule has 1 aliphatic rings. The Balaban J connectivity index is 2.26. The number of carbonyl (C=O) groups excluding carboxylic acids is 1. The number of nitro benzene ring substituents is 1. The number of amides is 1. The predicted octanol–water partition coefficient (Wildman–Crippen LogP) is 2.74. The first-order valence-electron chi connectivity index (χ1n) is 6.91. The monoisotopic (exact) mass is 311 g/mol. The lowest BCUT2D eigenvalue weighted by Crippen LogP contribution is -2.52. The molecule has 1 saturated heterocycles. The van der Waals surface area contributed by atoms with Gasteiger partial charge in [0.05, 0.1) is 16.7 Å². The first-order valence-corrected chi connectivity index (χ1v) is 7.29. The van der Waals surface area contributed by atoms with Crippen molar-refractivity contribution in [2.75, 3.05) is 11.4 Å². The summed E-state index contributed by atoms with van der Waals surface area (Å²) in [7, 11) is 0. The number of benzene rings is 1. The number of hydrogen-bond acceptors (Lipinski definition) is 4. The summed E-state index contributed by atoms with van der Waals surface area (Å²) in [4.78, 5) is 24.5. The van der Waals surface area contributed by atoms with Gasteiger partial charge in [-0.2, -0.15) is 0 Å². The summed E-state index contributed by atoms with van der Waals surface area (Å²) in [6, 6.07) is 4.43. The van der Waals surface area contributed by atoms with Crippen LogP contribution < -0.4 is 10.2 Å². The van der Waals surface area contributed by atoms with Crippen molar-refractivity contribution in [3.63, 3.8) is 0 Å². The summed E-state index contributed by atoms with van der Waals surface area (Å²) in [6.45, 7) is 4.53. The van der Waals surface area contributed by atoms with Gasteiger partial charge in [0.1, 0.15) is 5.02 Å². The average molecular weight is 312 g/mol. The Morgan fingerprint density at radius 3 is 2.81 bits per heavy atom. The molecule has 114 valence electrons. The SMILES string of the molecule is CC(C)NC1CCCN(c2ccc(Cl)c([N+](=O)[O-])c2)C1=O. The van der Waals surface area contributed by atoms with Gasteiger partial charge in [0.2, 0.25) is 5.91 Å². The van der Waals surface area contributed by atoms with E-state index in [9.17, 15) is 14.9 Å². The lowest BCUT2D eigenvalue weighted by Gasteiger charge is -2.33. The number of hydrogen-bond donors (Lipinski definition) is 1. The van der Waals surface area contributed by atoms with Crippen LogP contribution in [0.5, 0.6) is 0 Å². The standard InChI is InChI=1S/C14H18ClN3O3/c1-9(2)16-12-4-3-7-17(14(12)19)10-5-6-11(15)13(8-10)18(20)21/h5-6,8-9,12,16H,3-4,7H2,1-2H3. The zero-order valence-corrected chi connectivity index (χ0v) is 12.8. The Labute approximate surface area is 128 Å². The van der Waals surface area contributed by atoms with Crippen molar-refractivity contribution < 1.29 is 9.72 Å². The van der Waals surface area contributed by atoms with Crippen molar-refractivity contribution in [1.29, 1.82) is 0 Å². The molecular formula is C14H18ClN3O3. The van der Waals surface area contributed by atoms with Gasteiger partial charge in [0.15, 0.2) is 0 Å². The van der Waals surface area contributed by atoms with E-state index in [1.54, 1.807) is 11.0 Å². The number of nitrogens with zero attached hydrogens (tertiary/aromatic N) is 2. The minimum atomic E-state index is -0.538. The number of piperidine rings is 1. The highest BCUT2D eigenvalue weighted by Crippen LogP contribution is 2.31. The predicted molar refractivity (Wildman–Crippen MR) is 81.8 cm³/mol. The van der Waals surface area contributed by atoms with Crippen LogP contribution >= 0.6 is 11.6 Å². The number of nitro groups is 1. The summed E-state index contributed by atoms with van der Waals surface area (Å²) >= 11 is 5.81. The van der Waals surface area contributed by atoms with Gasteiger partial charge in [0, 0.05) is 18.7 Å². The maximum Gasteiger partial charge on any atom is 0.289 e. The van der Waals surface area contributed by atoms with E-state index in [0.717, 1.165) is 12.8 Å². The Morgan fingerprint density at radius 2 is 2.19 bits per heavy atom. The van der Waals surface area contributed by atoms with Crippen LogP contribution in [0.1, 0.15) is 26.7 Å². The lowest BCUT2D eigenvalue weighted by molar-refractivity contribution is -0.384. The summed E-state index contributed by atoms with van der Waals surface area (Å²) in [6.07, 6.45) is 1.63. The second kappa shape index (κ2) is 6.41.